The molecular weight excluding hydrogens is 468 g/mol. The highest BCUT2D eigenvalue weighted by atomic mass is 32.1. The Bertz CT molecular complexity index is 1460. The molecule has 4 aromatic heterocycles. The van der Waals surface area contributed by atoms with Gasteiger partial charge in [0.05, 0.1) is 12.0 Å². The third-order valence-corrected chi connectivity index (χ3v) is 6.23. The molecular formula is C25H22N4O5S. The Morgan fingerprint density at radius 1 is 1.23 bits per heavy atom. The number of pyridine rings is 1. The number of nitrogens with one attached hydrogen (secondary N) is 1. The van der Waals surface area contributed by atoms with Crippen LogP contribution in [0, 0.1) is 6.92 Å². The summed E-state index contributed by atoms with van der Waals surface area (Å²) in [7, 11) is 0. The Morgan fingerprint density at radius 3 is 2.94 bits per heavy atom. The average Bonchev–Trinajstić information content (AvgIpc) is 3.61. The third-order valence-electron chi connectivity index (χ3n) is 5.36. The van der Waals surface area contributed by atoms with E-state index >= 15 is 0 Å². The summed E-state index contributed by atoms with van der Waals surface area (Å²) in [5.74, 6) is 0.447. The normalized spacial score (nSPS) is 11.2. The summed E-state index contributed by atoms with van der Waals surface area (Å²) >= 11 is 1.19. The summed E-state index contributed by atoms with van der Waals surface area (Å²) in [6.45, 7) is 4.07. The number of thiazole rings is 1. The van der Waals surface area contributed by atoms with E-state index in [1.165, 1.54) is 23.0 Å². The highest BCUT2D eigenvalue weighted by Gasteiger charge is 2.21. The number of oxazole rings is 1. The molecule has 178 valence electrons. The molecule has 2 N–H and O–H groups in total. The highest BCUT2D eigenvalue weighted by molar-refractivity contribution is 7.13. The first-order valence-electron chi connectivity index (χ1n) is 11.0. The molecule has 1 aromatic carbocycles. The predicted octanol–water partition coefficient (Wildman–Crippen LogP) is 5.17. The third kappa shape index (κ3) is 4.93. The molecule has 0 radical (unpaired) electrons. The van der Waals surface area contributed by atoms with Gasteiger partial charge in [-0.3, -0.25) is 4.98 Å². The Kier molecular flexibility index (Phi) is 6.55. The summed E-state index contributed by atoms with van der Waals surface area (Å²) in [5.41, 5.74) is 3.10. The molecule has 0 amide bonds. The summed E-state index contributed by atoms with van der Waals surface area (Å²) in [4.78, 5) is 23.8. The van der Waals surface area contributed by atoms with Crippen LogP contribution in [0.1, 0.15) is 28.0 Å². The fraction of sp³-hybridized carbons (Fsp3) is 0.200. The predicted molar refractivity (Wildman–Crippen MR) is 131 cm³/mol. The highest BCUT2D eigenvalue weighted by Crippen LogP contribution is 2.38. The number of hydrogen-bond donors (Lipinski definition) is 2. The number of carbonyl (C=O) groups is 1. The van der Waals surface area contributed by atoms with Crippen molar-refractivity contribution in [2.24, 2.45) is 0 Å². The largest absolute Gasteiger partial charge is 0.493 e. The van der Waals surface area contributed by atoms with Crippen LogP contribution in [0.25, 0.3) is 33.3 Å². The molecule has 0 bridgehead atoms. The molecule has 35 heavy (non-hydrogen) atoms. The zero-order valence-corrected chi connectivity index (χ0v) is 19.7. The lowest BCUT2D eigenvalue weighted by Crippen LogP contribution is -2.17. The summed E-state index contributed by atoms with van der Waals surface area (Å²) in [6, 6.07) is 9.64. The number of hydrogen-bond acceptors (Lipinski definition) is 9. The number of aromatic carboxylic acids is 1. The lowest BCUT2D eigenvalue weighted by Gasteiger charge is -2.08. The molecule has 0 aliphatic heterocycles. The standard InChI is InChI=1S/C25H22N4O5S/c1-15-21-19(32-10-4-9-27-12-16-5-3-8-26-11-16)6-2-7-20(21)34-22(15)23-28-17(13-33-23)24-29-18(14-35-24)25(30)31/h2-3,5-8,11,13-14,27H,4,9-10,12H2,1H3,(H,30,31). The topological polar surface area (TPSA) is 124 Å². The van der Waals surface area contributed by atoms with Gasteiger partial charge in [-0.05, 0) is 43.7 Å². The van der Waals surface area contributed by atoms with Gasteiger partial charge in [-0.1, -0.05) is 12.1 Å². The van der Waals surface area contributed by atoms with Gasteiger partial charge in [-0.25, -0.2) is 14.8 Å². The van der Waals surface area contributed by atoms with Crippen molar-refractivity contribution in [1.29, 1.82) is 0 Å². The maximum Gasteiger partial charge on any atom is 0.355 e. The van der Waals surface area contributed by atoms with Gasteiger partial charge in [-0.15, -0.1) is 11.3 Å². The summed E-state index contributed by atoms with van der Waals surface area (Å²) < 4.78 is 17.8. The summed E-state index contributed by atoms with van der Waals surface area (Å²) in [6.07, 6.45) is 5.91. The van der Waals surface area contributed by atoms with Crippen LogP contribution < -0.4 is 10.1 Å². The van der Waals surface area contributed by atoms with Crippen LogP contribution >= 0.6 is 11.3 Å². The first kappa shape index (κ1) is 22.8. The molecule has 9 nitrogen and oxygen atoms in total. The Hall–Kier alpha value is -4.02. The Balaban J connectivity index is 1.26. The number of rotatable bonds is 10. The van der Waals surface area contributed by atoms with E-state index in [1.807, 2.05) is 43.5 Å². The van der Waals surface area contributed by atoms with Crippen molar-refractivity contribution in [2.75, 3.05) is 13.2 Å². The number of aromatic nitrogens is 3. The number of aryl methyl sites for hydroxylation is 1. The van der Waals surface area contributed by atoms with Gasteiger partial charge in [-0.2, -0.15) is 0 Å². The van der Waals surface area contributed by atoms with Crippen LogP contribution in [-0.2, 0) is 6.54 Å². The van der Waals surface area contributed by atoms with Crippen LogP contribution in [0.3, 0.4) is 0 Å². The summed E-state index contributed by atoms with van der Waals surface area (Å²) in [5, 5.41) is 15.3. The molecule has 0 saturated heterocycles. The van der Waals surface area contributed by atoms with E-state index in [4.69, 9.17) is 18.7 Å². The number of ether oxygens (including phenoxy) is 1. The molecule has 0 spiro atoms. The molecule has 10 heteroatoms. The Labute approximate surface area is 204 Å². The molecule has 0 fully saturated rings. The molecule has 4 heterocycles. The van der Waals surface area contributed by atoms with E-state index in [0.29, 0.717) is 34.5 Å². The van der Waals surface area contributed by atoms with Crippen molar-refractivity contribution in [3.8, 4) is 28.1 Å². The SMILES string of the molecule is Cc1c(-c2nc(-c3nc(C(=O)O)cs3)co2)oc2cccc(OCCCNCc3cccnc3)c12. The molecule has 0 saturated carbocycles. The van der Waals surface area contributed by atoms with Gasteiger partial charge >= 0.3 is 5.97 Å². The molecule has 5 aromatic rings. The van der Waals surface area contributed by atoms with E-state index in [0.717, 1.165) is 41.8 Å². The number of carboxylic acids is 1. The lowest BCUT2D eigenvalue weighted by molar-refractivity contribution is 0.0691. The van der Waals surface area contributed by atoms with Crippen molar-refractivity contribution in [2.45, 2.75) is 19.9 Å². The number of nitrogens with zero attached hydrogens (tertiary/aromatic N) is 3. The minimum atomic E-state index is -1.08. The van der Waals surface area contributed by atoms with Crippen molar-refractivity contribution in [3.05, 3.63) is 71.2 Å². The minimum Gasteiger partial charge on any atom is -0.493 e. The molecule has 5 rings (SSSR count). The van der Waals surface area contributed by atoms with Gasteiger partial charge in [0, 0.05) is 29.9 Å². The second-order valence-corrected chi connectivity index (χ2v) is 8.66. The van der Waals surface area contributed by atoms with Crippen molar-refractivity contribution >= 4 is 28.3 Å². The smallest absolute Gasteiger partial charge is 0.355 e. The van der Waals surface area contributed by atoms with Crippen LogP contribution in [0.4, 0.5) is 0 Å². The van der Waals surface area contributed by atoms with Crippen LogP contribution in [0.5, 0.6) is 5.75 Å². The number of fused-ring (bicyclic) bond motifs is 1. The maximum absolute atomic E-state index is 11.1. The van der Waals surface area contributed by atoms with Crippen LogP contribution in [-0.4, -0.2) is 39.2 Å². The minimum absolute atomic E-state index is 0.0245. The fourth-order valence-corrected chi connectivity index (χ4v) is 4.41. The molecule has 0 aliphatic rings. The molecule has 0 atom stereocenters. The fourth-order valence-electron chi connectivity index (χ4n) is 3.67. The monoisotopic (exact) mass is 490 g/mol. The number of benzene rings is 1. The first-order valence-corrected chi connectivity index (χ1v) is 11.9. The average molecular weight is 491 g/mol. The van der Waals surface area contributed by atoms with Crippen molar-refractivity contribution in [1.82, 2.24) is 20.3 Å². The van der Waals surface area contributed by atoms with E-state index in [1.54, 1.807) is 6.20 Å². The van der Waals surface area contributed by atoms with Crippen molar-refractivity contribution < 1.29 is 23.5 Å². The van der Waals surface area contributed by atoms with Crippen LogP contribution in [0.15, 0.2) is 63.2 Å². The Morgan fingerprint density at radius 2 is 2.14 bits per heavy atom. The number of furan rings is 1. The second kappa shape index (κ2) is 10.1. The second-order valence-electron chi connectivity index (χ2n) is 7.81. The van der Waals surface area contributed by atoms with Gasteiger partial charge in [0.15, 0.2) is 11.5 Å². The maximum atomic E-state index is 11.1. The molecule has 0 unspecified atom stereocenters. The van der Waals surface area contributed by atoms with Gasteiger partial charge in [0.1, 0.15) is 28.3 Å². The first-order chi connectivity index (χ1) is 17.1. The van der Waals surface area contributed by atoms with Gasteiger partial charge < -0.3 is 24.0 Å². The molecule has 0 aliphatic carbocycles. The van der Waals surface area contributed by atoms with Crippen LogP contribution in [0.2, 0.25) is 0 Å². The zero-order chi connectivity index (χ0) is 24.2. The van der Waals surface area contributed by atoms with E-state index in [-0.39, 0.29) is 5.69 Å². The van der Waals surface area contributed by atoms with E-state index in [2.05, 4.69) is 20.3 Å². The quantitative estimate of drug-likeness (QED) is 0.255. The van der Waals surface area contributed by atoms with E-state index in [9.17, 15) is 4.79 Å². The number of carboxylic acid groups (broad SMARTS) is 1. The zero-order valence-electron chi connectivity index (χ0n) is 18.9. The van der Waals surface area contributed by atoms with Gasteiger partial charge in [0.25, 0.3) is 5.89 Å². The lowest BCUT2D eigenvalue weighted by atomic mass is 10.1. The van der Waals surface area contributed by atoms with Gasteiger partial charge in [0.2, 0.25) is 0 Å². The van der Waals surface area contributed by atoms with Crippen molar-refractivity contribution in [3.63, 3.8) is 0 Å². The van der Waals surface area contributed by atoms with E-state index < -0.39 is 5.97 Å².